The highest BCUT2D eigenvalue weighted by molar-refractivity contribution is 5.80. The van der Waals surface area contributed by atoms with Gasteiger partial charge >= 0.3 is 5.97 Å². The van der Waals surface area contributed by atoms with E-state index in [9.17, 15) is 27.5 Å². The van der Waals surface area contributed by atoms with Crippen LogP contribution in [0.4, 0.5) is 23.2 Å². The third-order valence-corrected chi connectivity index (χ3v) is 2.23. The summed E-state index contributed by atoms with van der Waals surface area (Å²) in [5.41, 5.74) is -1.25. The van der Waals surface area contributed by atoms with Gasteiger partial charge in [0.2, 0.25) is 11.6 Å². The number of nitrogens with zero attached hydrogens (tertiary/aromatic N) is 1. The van der Waals surface area contributed by atoms with Crippen LogP contribution in [0.1, 0.15) is 6.92 Å². The molecule has 0 aliphatic rings. The summed E-state index contributed by atoms with van der Waals surface area (Å²) in [5, 5.41) is 11.1. The van der Waals surface area contributed by atoms with E-state index in [0.29, 0.717) is 0 Å². The van der Waals surface area contributed by atoms with Crippen LogP contribution in [0.15, 0.2) is 0 Å². The summed E-state index contributed by atoms with van der Waals surface area (Å²) in [6.45, 7) is 1.12. The third-order valence-electron chi connectivity index (χ3n) is 2.23. The lowest BCUT2D eigenvalue weighted by Crippen LogP contribution is -2.40. The predicted molar refractivity (Wildman–Crippen MR) is 55.2 cm³/mol. The van der Waals surface area contributed by atoms with Crippen molar-refractivity contribution in [2.24, 2.45) is 0 Å². The fraction of sp³-hybridized carbons (Fsp3) is 0.400. The SMILES string of the molecule is COC(=O)[C@@H](Nc1c(F)c(F)nc(F)c1F)[C@@H](C)O. The zero-order chi connectivity index (χ0) is 14.7. The molecule has 2 N–H and O–H groups in total. The van der Waals surface area contributed by atoms with Crippen molar-refractivity contribution < 1.29 is 32.2 Å². The number of rotatable bonds is 4. The summed E-state index contributed by atoms with van der Waals surface area (Å²) in [6.07, 6.45) is -1.43. The van der Waals surface area contributed by atoms with Crippen LogP contribution in [-0.4, -0.2) is 35.3 Å². The minimum absolute atomic E-state index is 0.972. The second-order valence-corrected chi connectivity index (χ2v) is 3.58. The third kappa shape index (κ3) is 3.11. The van der Waals surface area contributed by atoms with E-state index in [1.165, 1.54) is 0 Å². The molecule has 0 amide bonds. The van der Waals surface area contributed by atoms with Gasteiger partial charge in [0.15, 0.2) is 6.04 Å². The molecule has 19 heavy (non-hydrogen) atoms. The lowest BCUT2D eigenvalue weighted by molar-refractivity contribution is -0.143. The molecule has 0 aliphatic carbocycles. The van der Waals surface area contributed by atoms with Crippen LogP contribution in [0.25, 0.3) is 0 Å². The quantitative estimate of drug-likeness (QED) is 0.489. The van der Waals surface area contributed by atoms with E-state index in [-0.39, 0.29) is 0 Å². The molecule has 1 aromatic rings. The Kier molecular flexibility index (Phi) is 4.65. The number of hydrogen-bond acceptors (Lipinski definition) is 5. The second kappa shape index (κ2) is 5.83. The Morgan fingerprint density at radius 1 is 1.26 bits per heavy atom. The number of esters is 1. The Hall–Kier alpha value is -1.90. The molecule has 0 bridgehead atoms. The van der Waals surface area contributed by atoms with Crippen molar-refractivity contribution >= 4 is 11.7 Å². The molecular weight excluding hydrogens is 272 g/mol. The van der Waals surface area contributed by atoms with Crippen LogP contribution in [0, 0.1) is 23.5 Å². The maximum absolute atomic E-state index is 13.3. The van der Waals surface area contributed by atoms with Crippen molar-refractivity contribution in [1.29, 1.82) is 0 Å². The molecule has 1 heterocycles. The van der Waals surface area contributed by atoms with Crippen LogP contribution >= 0.6 is 0 Å². The van der Waals surface area contributed by atoms with Gasteiger partial charge < -0.3 is 15.2 Å². The highest BCUT2D eigenvalue weighted by Crippen LogP contribution is 2.23. The molecule has 5 nitrogen and oxygen atoms in total. The molecule has 106 valence electrons. The molecule has 1 aromatic heterocycles. The van der Waals surface area contributed by atoms with Crippen LogP contribution in [0.2, 0.25) is 0 Å². The molecular formula is C10H10F4N2O3. The second-order valence-electron chi connectivity index (χ2n) is 3.58. The number of carbonyl (C=O) groups is 1. The molecule has 2 atom stereocenters. The van der Waals surface area contributed by atoms with Crippen molar-refractivity contribution in [3.63, 3.8) is 0 Å². The molecule has 0 fully saturated rings. The summed E-state index contributed by atoms with van der Waals surface area (Å²) in [6, 6.07) is -1.60. The average molecular weight is 282 g/mol. The molecule has 0 aliphatic heterocycles. The van der Waals surface area contributed by atoms with E-state index >= 15 is 0 Å². The molecule has 9 heteroatoms. The fourth-order valence-electron chi connectivity index (χ4n) is 1.27. The molecule has 1 rings (SSSR count). The number of aliphatic hydroxyl groups excluding tert-OH is 1. The van der Waals surface area contributed by atoms with Gasteiger partial charge in [0.1, 0.15) is 5.69 Å². The zero-order valence-corrected chi connectivity index (χ0v) is 9.88. The van der Waals surface area contributed by atoms with E-state index in [0.717, 1.165) is 14.0 Å². The van der Waals surface area contributed by atoms with Gasteiger partial charge in [-0.2, -0.15) is 22.5 Å². The number of carbonyl (C=O) groups excluding carboxylic acids is 1. The zero-order valence-electron chi connectivity index (χ0n) is 9.88. The number of hydrogen-bond donors (Lipinski definition) is 2. The largest absolute Gasteiger partial charge is 0.467 e. The van der Waals surface area contributed by atoms with E-state index in [4.69, 9.17) is 0 Å². The number of aliphatic hydroxyl groups is 1. The maximum Gasteiger partial charge on any atom is 0.330 e. The molecule has 0 radical (unpaired) electrons. The summed E-state index contributed by atoms with van der Waals surface area (Å²) in [4.78, 5) is 13.6. The van der Waals surface area contributed by atoms with E-state index in [2.05, 4.69) is 9.72 Å². The summed E-state index contributed by atoms with van der Waals surface area (Å²) in [5.74, 6) is -8.44. The summed E-state index contributed by atoms with van der Waals surface area (Å²) < 4.78 is 56.5. The number of pyridine rings is 1. The average Bonchev–Trinajstić information content (AvgIpc) is 2.35. The first-order valence-corrected chi connectivity index (χ1v) is 5.02. The maximum atomic E-state index is 13.3. The van der Waals surface area contributed by atoms with Crippen LogP contribution in [0.5, 0.6) is 0 Å². The van der Waals surface area contributed by atoms with Gasteiger partial charge in [-0.1, -0.05) is 0 Å². The first kappa shape index (κ1) is 15.2. The number of nitrogens with one attached hydrogen (secondary N) is 1. The lowest BCUT2D eigenvalue weighted by Gasteiger charge is -2.20. The van der Waals surface area contributed by atoms with Gasteiger partial charge in [0.05, 0.1) is 13.2 Å². The summed E-state index contributed by atoms with van der Waals surface area (Å²) in [7, 11) is 0.972. The summed E-state index contributed by atoms with van der Waals surface area (Å²) >= 11 is 0. The van der Waals surface area contributed by atoms with Crippen molar-refractivity contribution in [3.8, 4) is 0 Å². The Morgan fingerprint density at radius 3 is 2.11 bits per heavy atom. The molecule has 0 saturated heterocycles. The van der Waals surface area contributed by atoms with Crippen molar-refractivity contribution in [2.45, 2.75) is 19.1 Å². The Morgan fingerprint density at radius 2 is 1.74 bits per heavy atom. The number of halogens is 4. The van der Waals surface area contributed by atoms with E-state index in [1.807, 2.05) is 5.32 Å². The van der Waals surface area contributed by atoms with Gasteiger partial charge in [0.25, 0.3) is 11.9 Å². The van der Waals surface area contributed by atoms with Crippen LogP contribution in [-0.2, 0) is 9.53 Å². The monoisotopic (exact) mass is 282 g/mol. The van der Waals surface area contributed by atoms with Gasteiger partial charge in [-0.05, 0) is 6.92 Å². The Labute approximate surface area is 105 Å². The smallest absolute Gasteiger partial charge is 0.330 e. The fourth-order valence-corrected chi connectivity index (χ4v) is 1.27. The molecule has 0 unspecified atom stereocenters. The van der Waals surface area contributed by atoms with Crippen molar-refractivity contribution in [1.82, 2.24) is 4.98 Å². The highest BCUT2D eigenvalue weighted by atomic mass is 19.2. The number of aromatic nitrogens is 1. The minimum Gasteiger partial charge on any atom is -0.467 e. The molecule has 0 saturated carbocycles. The van der Waals surface area contributed by atoms with Gasteiger partial charge in [-0.3, -0.25) is 0 Å². The van der Waals surface area contributed by atoms with Crippen molar-refractivity contribution in [2.75, 3.05) is 12.4 Å². The van der Waals surface area contributed by atoms with E-state index < -0.39 is 47.3 Å². The topological polar surface area (TPSA) is 71.5 Å². The molecule has 0 aromatic carbocycles. The standard InChI is InChI=1S/C10H10F4N2O3/c1-3(17)6(10(18)19-2)15-7-4(11)8(13)16-9(14)5(7)12/h3,6,17H,1-2H3,(H,15,16)/t3-,6+/m1/s1. The molecule has 0 spiro atoms. The normalized spacial score (nSPS) is 13.8. The Balaban J connectivity index is 3.20. The highest BCUT2D eigenvalue weighted by Gasteiger charge is 2.29. The van der Waals surface area contributed by atoms with Crippen LogP contribution in [0.3, 0.4) is 0 Å². The number of ether oxygens (including phenoxy) is 1. The first-order chi connectivity index (χ1) is 8.79. The first-order valence-electron chi connectivity index (χ1n) is 5.02. The van der Waals surface area contributed by atoms with Gasteiger partial charge in [-0.15, -0.1) is 0 Å². The number of methoxy groups -OCH3 is 1. The van der Waals surface area contributed by atoms with Crippen molar-refractivity contribution in [3.05, 3.63) is 23.5 Å². The van der Waals surface area contributed by atoms with Gasteiger partial charge in [-0.25, -0.2) is 4.79 Å². The number of anilines is 1. The van der Waals surface area contributed by atoms with E-state index in [1.54, 1.807) is 0 Å². The predicted octanol–water partition coefficient (Wildman–Crippen LogP) is 0.972. The van der Waals surface area contributed by atoms with Crippen LogP contribution < -0.4 is 5.32 Å². The Bertz CT molecular complexity index is 470. The van der Waals surface area contributed by atoms with Gasteiger partial charge in [0, 0.05) is 0 Å². The minimum atomic E-state index is -1.88. The lowest BCUT2D eigenvalue weighted by atomic mass is 10.1.